The minimum absolute atomic E-state index is 0.0841. The van der Waals surface area contributed by atoms with Gasteiger partial charge in [-0.2, -0.15) is 0 Å². The van der Waals surface area contributed by atoms with Gasteiger partial charge < -0.3 is 14.2 Å². The molecule has 0 spiro atoms. The van der Waals surface area contributed by atoms with Crippen LogP contribution in [0.2, 0.25) is 5.02 Å². The Morgan fingerprint density at radius 2 is 1.59 bits per heavy atom. The molecule has 27 heavy (non-hydrogen) atoms. The summed E-state index contributed by atoms with van der Waals surface area (Å²) >= 11 is 5.98. The Kier molecular flexibility index (Phi) is 4.58. The lowest BCUT2D eigenvalue weighted by Crippen LogP contribution is -2.50. The van der Waals surface area contributed by atoms with Gasteiger partial charge >= 0.3 is 0 Å². The number of piperazine rings is 1. The fourth-order valence-corrected chi connectivity index (χ4v) is 3.44. The molecule has 1 aliphatic rings. The van der Waals surface area contributed by atoms with Gasteiger partial charge in [0.05, 0.1) is 10.6 Å². The molecule has 138 valence electrons. The van der Waals surface area contributed by atoms with Gasteiger partial charge in [-0.1, -0.05) is 29.8 Å². The molecule has 0 radical (unpaired) electrons. The number of fused-ring (bicyclic) bond motifs is 1. The molecule has 5 nitrogen and oxygen atoms in total. The summed E-state index contributed by atoms with van der Waals surface area (Å²) < 4.78 is 18.8. The van der Waals surface area contributed by atoms with Gasteiger partial charge in [0.15, 0.2) is 5.76 Å². The quantitative estimate of drug-likeness (QED) is 0.672. The number of carbonyl (C=O) groups excluding carboxylic acids is 2. The molecule has 0 unspecified atom stereocenters. The van der Waals surface area contributed by atoms with Crippen LogP contribution in [-0.2, 0) is 0 Å². The first-order chi connectivity index (χ1) is 13.0. The first kappa shape index (κ1) is 17.5. The van der Waals surface area contributed by atoms with Crippen LogP contribution >= 0.6 is 11.6 Å². The van der Waals surface area contributed by atoms with Gasteiger partial charge in [0.2, 0.25) is 0 Å². The van der Waals surface area contributed by atoms with Crippen molar-refractivity contribution in [3.63, 3.8) is 0 Å². The van der Waals surface area contributed by atoms with E-state index in [9.17, 15) is 14.0 Å². The molecule has 4 rings (SSSR count). The van der Waals surface area contributed by atoms with Gasteiger partial charge in [-0.15, -0.1) is 0 Å². The fourth-order valence-electron chi connectivity index (χ4n) is 3.19. The van der Waals surface area contributed by atoms with Gasteiger partial charge in [-0.3, -0.25) is 9.59 Å². The van der Waals surface area contributed by atoms with Crippen molar-refractivity contribution in [2.45, 2.75) is 0 Å². The molecule has 2 amide bonds. The zero-order chi connectivity index (χ0) is 19.0. The third kappa shape index (κ3) is 3.40. The molecule has 1 aromatic heterocycles. The van der Waals surface area contributed by atoms with E-state index < -0.39 is 5.82 Å². The molecule has 0 aliphatic carbocycles. The lowest BCUT2D eigenvalue weighted by atomic mass is 10.1. The summed E-state index contributed by atoms with van der Waals surface area (Å²) in [6.45, 7) is 1.53. The van der Waals surface area contributed by atoms with Crippen molar-refractivity contribution < 1.29 is 18.4 Å². The van der Waals surface area contributed by atoms with Crippen molar-refractivity contribution in [3.05, 3.63) is 70.7 Å². The lowest BCUT2D eigenvalue weighted by molar-refractivity contribution is 0.0519. The first-order valence-electron chi connectivity index (χ1n) is 8.55. The van der Waals surface area contributed by atoms with Crippen LogP contribution in [0.4, 0.5) is 4.39 Å². The van der Waals surface area contributed by atoms with Crippen molar-refractivity contribution in [2.75, 3.05) is 26.2 Å². The first-order valence-corrected chi connectivity index (χ1v) is 8.93. The van der Waals surface area contributed by atoms with Crippen LogP contribution in [0.25, 0.3) is 11.0 Å². The molecular weight excluding hydrogens is 371 g/mol. The molecule has 0 atom stereocenters. The Labute approximate surface area is 159 Å². The van der Waals surface area contributed by atoms with Crippen molar-refractivity contribution in [3.8, 4) is 0 Å². The van der Waals surface area contributed by atoms with Gasteiger partial charge in [0.1, 0.15) is 11.4 Å². The second-order valence-electron chi connectivity index (χ2n) is 6.36. The molecule has 2 heterocycles. The van der Waals surface area contributed by atoms with Crippen LogP contribution in [-0.4, -0.2) is 47.8 Å². The van der Waals surface area contributed by atoms with E-state index in [0.29, 0.717) is 31.8 Å². The monoisotopic (exact) mass is 386 g/mol. The highest BCUT2D eigenvalue weighted by atomic mass is 35.5. The van der Waals surface area contributed by atoms with Crippen LogP contribution in [0.3, 0.4) is 0 Å². The smallest absolute Gasteiger partial charge is 0.289 e. The number of carbonyl (C=O) groups is 2. The normalized spacial score (nSPS) is 14.6. The predicted octanol–water partition coefficient (Wildman–Crippen LogP) is 3.82. The van der Waals surface area contributed by atoms with Crippen molar-refractivity contribution in [1.29, 1.82) is 0 Å². The molecule has 0 saturated carbocycles. The van der Waals surface area contributed by atoms with E-state index >= 15 is 0 Å². The number of benzene rings is 2. The average Bonchev–Trinajstić information content (AvgIpc) is 3.11. The summed E-state index contributed by atoms with van der Waals surface area (Å²) in [6.07, 6.45) is 0. The maximum atomic E-state index is 13.2. The molecular formula is C20H16ClFN2O3. The van der Waals surface area contributed by atoms with Crippen molar-refractivity contribution in [1.82, 2.24) is 9.80 Å². The van der Waals surface area contributed by atoms with Gasteiger partial charge in [0, 0.05) is 31.6 Å². The van der Waals surface area contributed by atoms with E-state index in [0.717, 1.165) is 11.5 Å². The molecule has 7 heteroatoms. The van der Waals surface area contributed by atoms with Crippen molar-refractivity contribution in [2.24, 2.45) is 0 Å². The molecule has 1 aliphatic heterocycles. The summed E-state index contributed by atoms with van der Waals surface area (Å²) in [5.74, 6) is -0.663. The number of rotatable bonds is 2. The van der Waals surface area contributed by atoms with E-state index in [1.165, 1.54) is 12.1 Å². The average molecular weight is 387 g/mol. The van der Waals surface area contributed by atoms with E-state index in [4.69, 9.17) is 16.0 Å². The van der Waals surface area contributed by atoms with E-state index in [1.54, 1.807) is 15.9 Å². The summed E-state index contributed by atoms with van der Waals surface area (Å²) in [7, 11) is 0. The Balaban J connectivity index is 1.43. The highest BCUT2D eigenvalue weighted by Crippen LogP contribution is 2.22. The van der Waals surface area contributed by atoms with E-state index in [2.05, 4.69) is 0 Å². The molecule has 3 aromatic rings. The van der Waals surface area contributed by atoms with Crippen LogP contribution in [0, 0.1) is 5.82 Å². The SMILES string of the molecule is O=C(c1cc2ccccc2o1)N1CCN(C(=O)c2ccc(F)cc2Cl)CC1. The van der Waals surface area contributed by atoms with Crippen LogP contribution < -0.4 is 0 Å². The Bertz CT molecular complexity index is 992. The number of hydrogen-bond donors (Lipinski definition) is 0. The summed E-state index contributed by atoms with van der Waals surface area (Å²) in [6, 6.07) is 12.9. The maximum absolute atomic E-state index is 13.2. The Morgan fingerprint density at radius 1 is 0.926 bits per heavy atom. The number of hydrogen-bond acceptors (Lipinski definition) is 3. The van der Waals surface area contributed by atoms with Gasteiger partial charge in [0.25, 0.3) is 11.8 Å². The summed E-state index contributed by atoms with van der Waals surface area (Å²) in [5.41, 5.74) is 0.927. The molecule has 0 bridgehead atoms. The molecule has 1 saturated heterocycles. The zero-order valence-electron chi connectivity index (χ0n) is 14.3. The zero-order valence-corrected chi connectivity index (χ0v) is 15.1. The summed E-state index contributed by atoms with van der Waals surface area (Å²) in [4.78, 5) is 28.5. The number of para-hydroxylation sites is 1. The topological polar surface area (TPSA) is 53.8 Å². The van der Waals surface area contributed by atoms with Crippen LogP contribution in [0.1, 0.15) is 20.9 Å². The van der Waals surface area contributed by atoms with Crippen LogP contribution in [0.5, 0.6) is 0 Å². The summed E-state index contributed by atoms with van der Waals surface area (Å²) in [5, 5.41) is 0.960. The van der Waals surface area contributed by atoms with Gasteiger partial charge in [-0.05, 0) is 30.3 Å². The van der Waals surface area contributed by atoms with E-state index in [-0.39, 0.29) is 28.2 Å². The second kappa shape index (κ2) is 7.04. The van der Waals surface area contributed by atoms with E-state index in [1.807, 2.05) is 24.3 Å². The van der Waals surface area contributed by atoms with Crippen molar-refractivity contribution >= 4 is 34.4 Å². The third-order valence-electron chi connectivity index (χ3n) is 4.65. The number of halogens is 2. The molecule has 1 fully saturated rings. The predicted molar refractivity (Wildman–Crippen MR) is 99.4 cm³/mol. The third-order valence-corrected chi connectivity index (χ3v) is 4.96. The highest BCUT2D eigenvalue weighted by Gasteiger charge is 2.28. The standard InChI is InChI=1S/C20H16ClFN2O3/c21-16-12-14(22)5-6-15(16)19(25)23-7-9-24(10-8-23)20(26)18-11-13-3-1-2-4-17(13)27-18/h1-6,11-12H,7-10H2. The fraction of sp³-hybridized carbons (Fsp3) is 0.200. The Hall–Kier alpha value is -2.86. The minimum atomic E-state index is -0.488. The van der Waals surface area contributed by atoms with Crippen LogP contribution in [0.15, 0.2) is 52.9 Å². The van der Waals surface area contributed by atoms with Gasteiger partial charge in [-0.25, -0.2) is 4.39 Å². The molecule has 0 N–H and O–H groups in total. The number of nitrogens with zero attached hydrogens (tertiary/aromatic N) is 2. The highest BCUT2D eigenvalue weighted by molar-refractivity contribution is 6.33. The number of furan rings is 1. The molecule has 2 aromatic carbocycles. The lowest BCUT2D eigenvalue weighted by Gasteiger charge is -2.34. The Morgan fingerprint density at radius 3 is 2.26 bits per heavy atom. The maximum Gasteiger partial charge on any atom is 0.289 e. The minimum Gasteiger partial charge on any atom is -0.451 e. The second-order valence-corrected chi connectivity index (χ2v) is 6.76. The number of amides is 2. The largest absolute Gasteiger partial charge is 0.451 e.